The summed E-state index contributed by atoms with van der Waals surface area (Å²) in [5, 5.41) is 9.94. The minimum Gasteiger partial charge on any atom is -0.406 e. The van der Waals surface area contributed by atoms with Gasteiger partial charge in [-0.05, 0) is 60.7 Å². The van der Waals surface area contributed by atoms with Crippen LogP contribution >= 0.6 is 0 Å². The Balaban J connectivity index is 1.70. The summed E-state index contributed by atoms with van der Waals surface area (Å²) in [6.45, 7) is 1.98. The van der Waals surface area contributed by atoms with Crippen LogP contribution in [0.3, 0.4) is 0 Å². The third kappa shape index (κ3) is 3.98. The molecule has 0 spiro atoms. The van der Waals surface area contributed by atoms with Crippen LogP contribution in [-0.2, 0) is 6.54 Å². The van der Waals surface area contributed by atoms with Crippen LogP contribution in [0.2, 0.25) is 0 Å². The molecule has 4 rings (SSSR count). The van der Waals surface area contributed by atoms with Crippen molar-refractivity contribution < 1.29 is 23.0 Å². The van der Waals surface area contributed by atoms with E-state index in [4.69, 9.17) is 0 Å². The molecule has 2 aromatic carbocycles. The Morgan fingerprint density at radius 3 is 2.48 bits per heavy atom. The molecule has 29 heavy (non-hydrogen) atoms. The molecular formula is C21H19F3N2O3. The minimum atomic E-state index is -4.75. The summed E-state index contributed by atoms with van der Waals surface area (Å²) in [6.07, 6.45) is -1.51. The van der Waals surface area contributed by atoms with Crippen molar-refractivity contribution in [2.24, 2.45) is 5.41 Å². The fraction of sp³-hybridized carbons (Fsp3) is 0.333. The lowest BCUT2D eigenvalue weighted by Gasteiger charge is -2.14. The summed E-state index contributed by atoms with van der Waals surface area (Å²) in [6, 6.07) is 9.55. The number of alkyl halides is 3. The first kappa shape index (κ1) is 19.4. The van der Waals surface area contributed by atoms with Crippen LogP contribution in [0.5, 0.6) is 5.75 Å². The van der Waals surface area contributed by atoms with E-state index in [2.05, 4.69) is 9.72 Å². The second kappa shape index (κ2) is 6.88. The fourth-order valence-electron chi connectivity index (χ4n) is 3.42. The summed E-state index contributed by atoms with van der Waals surface area (Å²) in [7, 11) is 0. The molecule has 1 N–H and O–H groups in total. The molecule has 0 bridgehead atoms. The maximum Gasteiger partial charge on any atom is 0.573 e. The number of aryl methyl sites for hydroxylation is 1. The Morgan fingerprint density at radius 2 is 1.86 bits per heavy atom. The second-order valence-electron chi connectivity index (χ2n) is 7.60. The number of fused-ring (bicyclic) bond motifs is 1. The van der Waals surface area contributed by atoms with Crippen LogP contribution in [0.15, 0.2) is 47.5 Å². The number of halogens is 3. The van der Waals surface area contributed by atoms with Crippen molar-refractivity contribution in [1.29, 1.82) is 0 Å². The zero-order valence-electron chi connectivity index (χ0n) is 15.7. The Kier molecular flexibility index (Phi) is 4.61. The molecule has 3 aromatic rings. The first-order valence-electron chi connectivity index (χ1n) is 9.17. The molecule has 0 aliphatic heterocycles. The van der Waals surface area contributed by atoms with E-state index < -0.39 is 6.36 Å². The van der Waals surface area contributed by atoms with Crippen LogP contribution in [0.25, 0.3) is 22.0 Å². The number of hydrogen-bond acceptors (Lipinski definition) is 4. The van der Waals surface area contributed by atoms with Gasteiger partial charge in [0.2, 0.25) is 0 Å². The van der Waals surface area contributed by atoms with Crippen LogP contribution in [0.1, 0.15) is 18.4 Å². The molecule has 0 atom stereocenters. The highest BCUT2D eigenvalue weighted by atomic mass is 19.4. The van der Waals surface area contributed by atoms with E-state index >= 15 is 0 Å². The topological polar surface area (TPSA) is 64.3 Å². The molecule has 5 nitrogen and oxygen atoms in total. The summed E-state index contributed by atoms with van der Waals surface area (Å²) in [5.41, 5.74) is 1.80. The van der Waals surface area contributed by atoms with Crippen molar-refractivity contribution in [3.05, 3.63) is 58.6 Å². The van der Waals surface area contributed by atoms with Crippen molar-refractivity contribution in [2.45, 2.75) is 32.7 Å². The van der Waals surface area contributed by atoms with E-state index in [1.165, 1.54) is 30.0 Å². The Labute approximate surface area is 164 Å². The highest BCUT2D eigenvalue weighted by Gasteiger charge is 2.42. The molecule has 1 heterocycles. The van der Waals surface area contributed by atoms with Gasteiger partial charge in [0.1, 0.15) is 5.75 Å². The zero-order valence-corrected chi connectivity index (χ0v) is 15.7. The number of nitrogens with zero attached hydrogens (tertiary/aromatic N) is 2. The third-order valence-corrected chi connectivity index (χ3v) is 5.36. The minimum absolute atomic E-state index is 0.0309. The SMILES string of the molecule is Cc1cc(-c2ccc3ncn(CC4(CO)CC4)c(=O)c3c2)ccc1OC(F)(F)F. The molecule has 0 radical (unpaired) electrons. The molecule has 1 fully saturated rings. The molecule has 152 valence electrons. The van der Waals surface area contributed by atoms with Crippen molar-refractivity contribution in [3.63, 3.8) is 0 Å². The number of hydrogen-bond donors (Lipinski definition) is 1. The second-order valence-corrected chi connectivity index (χ2v) is 7.60. The molecule has 0 amide bonds. The summed E-state index contributed by atoms with van der Waals surface area (Å²) < 4.78 is 42.9. The zero-order chi connectivity index (χ0) is 20.8. The van der Waals surface area contributed by atoms with Gasteiger partial charge >= 0.3 is 6.36 Å². The average Bonchev–Trinajstić information content (AvgIpc) is 3.45. The number of rotatable bonds is 5. The summed E-state index contributed by atoms with van der Waals surface area (Å²) in [5.74, 6) is -0.259. The van der Waals surface area contributed by atoms with Gasteiger partial charge in [-0.1, -0.05) is 12.1 Å². The number of aliphatic hydroxyl groups excluding tert-OH is 1. The van der Waals surface area contributed by atoms with Gasteiger partial charge in [0.25, 0.3) is 5.56 Å². The van der Waals surface area contributed by atoms with E-state index in [-0.39, 0.29) is 23.3 Å². The molecule has 0 unspecified atom stereocenters. The van der Waals surface area contributed by atoms with Crippen LogP contribution in [0.4, 0.5) is 13.2 Å². The van der Waals surface area contributed by atoms with Gasteiger partial charge in [-0.3, -0.25) is 9.36 Å². The lowest BCUT2D eigenvalue weighted by Crippen LogP contribution is -2.26. The quantitative estimate of drug-likeness (QED) is 0.697. The smallest absolute Gasteiger partial charge is 0.406 e. The van der Waals surface area contributed by atoms with E-state index in [9.17, 15) is 23.1 Å². The number of aliphatic hydroxyl groups is 1. The maximum absolute atomic E-state index is 12.9. The van der Waals surface area contributed by atoms with Crippen LogP contribution < -0.4 is 10.3 Å². The average molecular weight is 404 g/mol. The Morgan fingerprint density at radius 1 is 1.17 bits per heavy atom. The predicted octanol–water partition coefficient (Wildman–Crippen LogP) is 4.04. The first-order chi connectivity index (χ1) is 13.7. The lowest BCUT2D eigenvalue weighted by molar-refractivity contribution is -0.274. The molecule has 1 saturated carbocycles. The van der Waals surface area contributed by atoms with E-state index in [0.717, 1.165) is 12.8 Å². The van der Waals surface area contributed by atoms with Gasteiger partial charge in [0.15, 0.2) is 0 Å². The van der Waals surface area contributed by atoms with Crippen molar-refractivity contribution in [3.8, 4) is 16.9 Å². The largest absolute Gasteiger partial charge is 0.573 e. The molecule has 1 aromatic heterocycles. The highest BCUT2D eigenvalue weighted by Crippen LogP contribution is 2.46. The standard InChI is InChI=1S/C21H19F3N2O3/c1-13-8-14(3-5-18(13)29-21(22,23)24)15-2-4-17-16(9-15)19(28)26(12-25-17)10-20(11-27)6-7-20/h2-5,8-9,12,27H,6-7,10-11H2,1H3. The Hall–Kier alpha value is -2.87. The number of ether oxygens (including phenoxy) is 1. The fourth-order valence-corrected chi connectivity index (χ4v) is 3.42. The van der Waals surface area contributed by atoms with E-state index in [0.29, 0.717) is 34.1 Å². The van der Waals surface area contributed by atoms with Crippen molar-refractivity contribution in [1.82, 2.24) is 9.55 Å². The van der Waals surface area contributed by atoms with Gasteiger partial charge in [-0.2, -0.15) is 0 Å². The van der Waals surface area contributed by atoms with Crippen LogP contribution in [0, 0.1) is 12.3 Å². The monoisotopic (exact) mass is 404 g/mol. The summed E-state index contributed by atoms with van der Waals surface area (Å²) >= 11 is 0. The van der Waals surface area contributed by atoms with Gasteiger partial charge in [-0.15, -0.1) is 13.2 Å². The highest BCUT2D eigenvalue weighted by molar-refractivity contribution is 5.83. The van der Waals surface area contributed by atoms with Gasteiger partial charge in [0, 0.05) is 12.0 Å². The molecule has 0 saturated heterocycles. The molecule has 1 aliphatic carbocycles. The van der Waals surface area contributed by atoms with Gasteiger partial charge in [-0.25, -0.2) is 4.98 Å². The van der Waals surface area contributed by atoms with Crippen molar-refractivity contribution >= 4 is 10.9 Å². The lowest BCUT2D eigenvalue weighted by atomic mass is 10.0. The molecule has 1 aliphatic rings. The predicted molar refractivity (Wildman–Crippen MR) is 102 cm³/mol. The summed E-state index contributed by atoms with van der Waals surface area (Å²) in [4.78, 5) is 17.2. The van der Waals surface area contributed by atoms with Gasteiger partial charge < -0.3 is 9.84 Å². The van der Waals surface area contributed by atoms with Crippen LogP contribution in [-0.4, -0.2) is 27.6 Å². The number of benzene rings is 2. The Bertz CT molecular complexity index is 1130. The normalized spacial score (nSPS) is 15.5. The molecule has 8 heteroatoms. The third-order valence-electron chi connectivity index (χ3n) is 5.36. The first-order valence-corrected chi connectivity index (χ1v) is 9.17. The molecular weight excluding hydrogens is 385 g/mol. The van der Waals surface area contributed by atoms with Crippen molar-refractivity contribution in [2.75, 3.05) is 6.61 Å². The maximum atomic E-state index is 12.9. The number of aromatic nitrogens is 2. The van der Waals surface area contributed by atoms with E-state index in [1.54, 1.807) is 24.3 Å². The van der Waals surface area contributed by atoms with E-state index in [1.807, 2.05) is 0 Å². The van der Waals surface area contributed by atoms with Gasteiger partial charge in [0.05, 0.1) is 23.8 Å².